The smallest absolute Gasteiger partial charge is 0.416 e. The first-order valence-corrected chi connectivity index (χ1v) is 12.5. The molecule has 0 saturated carbocycles. The van der Waals surface area contributed by atoms with E-state index >= 15 is 0 Å². The van der Waals surface area contributed by atoms with Gasteiger partial charge in [0.05, 0.1) is 34.0 Å². The molecule has 194 valence electrons. The van der Waals surface area contributed by atoms with Crippen LogP contribution in [0.5, 0.6) is 0 Å². The van der Waals surface area contributed by atoms with Gasteiger partial charge in [-0.05, 0) is 43.7 Å². The molecular weight excluding hydrogens is 517 g/mol. The summed E-state index contributed by atoms with van der Waals surface area (Å²) in [4.78, 5) is 31.4. The first-order chi connectivity index (χ1) is 18.2. The summed E-state index contributed by atoms with van der Waals surface area (Å²) in [5, 5.41) is 0. The van der Waals surface area contributed by atoms with Crippen LogP contribution in [-0.4, -0.2) is 17.1 Å². The van der Waals surface area contributed by atoms with Crippen LogP contribution < -0.4 is 14.9 Å². The van der Waals surface area contributed by atoms with Gasteiger partial charge in [0.15, 0.2) is 4.80 Å². The molecule has 6 nitrogen and oxygen atoms in total. The molecule has 38 heavy (non-hydrogen) atoms. The van der Waals surface area contributed by atoms with Crippen molar-refractivity contribution in [2.75, 3.05) is 6.61 Å². The van der Waals surface area contributed by atoms with Gasteiger partial charge in [-0.25, -0.2) is 9.79 Å². The van der Waals surface area contributed by atoms with Gasteiger partial charge in [-0.15, -0.1) is 0 Å². The zero-order valence-corrected chi connectivity index (χ0v) is 21.1. The Balaban J connectivity index is 1.60. The van der Waals surface area contributed by atoms with E-state index in [4.69, 9.17) is 9.15 Å². The molecule has 0 spiro atoms. The molecule has 10 heteroatoms. The molecule has 5 rings (SSSR count). The van der Waals surface area contributed by atoms with Crippen LogP contribution in [0.2, 0.25) is 0 Å². The van der Waals surface area contributed by atoms with E-state index in [1.54, 1.807) is 26.0 Å². The van der Waals surface area contributed by atoms with Gasteiger partial charge in [0, 0.05) is 11.6 Å². The molecule has 0 saturated heterocycles. The molecule has 0 bridgehead atoms. The average molecular weight is 539 g/mol. The van der Waals surface area contributed by atoms with Gasteiger partial charge >= 0.3 is 12.1 Å². The quantitative estimate of drug-likeness (QED) is 0.333. The van der Waals surface area contributed by atoms with Crippen LogP contribution in [0.1, 0.15) is 36.8 Å². The second-order valence-corrected chi connectivity index (χ2v) is 9.50. The van der Waals surface area contributed by atoms with Gasteiger partial charge in [-0.1, -0.05) is 53.8 Å². The Bertz CT molecular complexity index is 1730. The number of hydrogen-bond acceptors (Lipinski definition) is 6. The van der Waals surface area contributed by atoms with E-state index < -0.39 is 23.8 Å². The van der Waals surface area contributed by atoms with E-state index in [1.807, 2.05) is 30.3 Å². The van der Waals surface area contributed by atoms with Crippen molar-refractivity contribution in [3.8, 4) is 11.3 Å². The molecule has 1 aliphatic rings. The zero-order chi connectivity index (χ0) is 27.0. The molecule has 0 N–H and O–H groups in total. The Morgan fingerprint density at radius 2 is 1.89 bits per heavy atom. The normalized spacial score (nSPS) is 15.8. The van der Waals surface area contributed by atoms with E-state index in [0.717, 1.165) is 29.0 Å². The highest BCUT2D eigenvalue weighted by molar-refractivity contribution is 7.07. The number of rotatable bonds is 5. The Morgan fingerprint density at radius 1 is 1.13 bits per heavy atom. The van der Waals surface area contributed by atoms with Gasteiger partial charge in [-0.3, -0.25) is 9.36 Å². The first kappa shape index (κ1) is 25.5. The maximum atomic E-state index is 13.6. The number of fused-ring (bicyclic) bond motifs is 1. The topological polar surface area (TPSA) is 73.8 Å². The fourth-order valence-corrected chi connectivity index (χ4v) is 5.33. The van der Waals surface area contributed by atoms with Crippen molar-refractivity contribution in [3.05, 3.63) is 115 Å². The molecular formula is C28H21F3N2O4S. The van der Waals surface area contributed by atoms with Crippen LogP contribution in [-0.2, 0) is 15.7 Å². The molecule has 0 amide bonds. The van der Waals surface area contributed by atoms with Crippen LogP contribution in [0, 0.1) is 0 Å². The summed E-state index contributed by atoms with van der Waals surface area (Å²) >= 11 is 1.13. The fourth-order valence-electron chi connectivity index (χ4n) is 4.31. The lowest BCUT2D eigenvalue weighted by atomic mass is 9.96. The summed E-state index contributed by atoms with van der Waals surface area (Å²) in [6.45, 7) is 3.58. The molecule has 3 heterocycles. The highest BCUT2D eigenvalue weighted by Gasteiger charge is 2.33. The highest BCUT2D eigenvalue weighted by atomic mass is 32.1. The summed E-state index contributed by atoms with van der Waals surface area (Å²) in [5.74, 6) is -0.0216. The molecule has 0 aliphatic carbocycles. The molecule has 2 aromatic carbocycles. The summed E-state index contributed by atoms with van der Waals surface area (Å²) in [5.41, 5.74) is 0.558. The van der Waals surface area contributed by atoms with Gasteiger partial charge in [-0.2, -0.15) is 13.2 Å². The Hall–Kier alpha value is -4.18. The number of carbonyl (C=O) groups is 1. The second kappa shape index (κ2) is 9.94. The fraction of sp³-hybridized carbons (Fsp3) is 0.179. The third kappa shape index (κ3) is 4.74. The molecule has 1 atom stereocenters. The highest BCUT2D eigenvalue weighted by Crippen LogP contribution is 2.33. The van der Waals surface area contributed by atoms with E-state index in [0.29, 0.717) is 20.8 Å². The molecule has 4 aromatic rings. The zero-order valence-electron chi connectivity index (χ0n) is 20.3. The minimum absolute atomic E-state index is 0.175. The molecule has 1 aliphatic heterocycles. The first-order valence-electron chi connectivity index (χ1n) is 11.7. The lowest BCUT2D eigenvalue weighted by molar-refractivity contribution is -0.139. The van der Waals surface area contributed by atoms with Crippen molar-refractivity contribution >= 4 is 23.4 Å². The lowest BCUT2D eigenvalue weighted by Crippen LogP contribution is -2.39. The number of allylic oxidation sites excluding steroid dienone is 1. The van der Waals surface area contributed by atoms with Gasteiger partial charge in [0.1, 0.15) is 11.5 Å². The minimum Gasteiger partial charge on any atom is -0.463 e. The standard InChI is InChI=1S/C28H21F3N2O4S/c1-3-36-26(35)23-16(2)32-27-33(24(23)17-8-5-4-6-9-17)25(34)22(38-27)15-20-12-13-21(37-20)18-10-7-11-19(14-18)28(29,30)31/h4-15,24H,3H2,1-2H3/b22-15+/t24-/m0/s1. The van der Waals surface area contributed by atoms with E-state index in [-0.39, 0.29) is 29.1 Å². The maximum Gasteiger partial charge on any atom is 0.416 e. The number of furan rings is 1. The Morgan fingerprint density at radius 3 is 2.61 bits per heavy atom. The van der Waals surface area contributed by atoms with E-state index in [2.05, 4.69) is 4.99 Å². The minimum atomic E-state index is -4.48. The number of nitrogens with zero attached hydrogens (tertiary/aromatic N) is 2. The van der Waals surface area contributed by atoms with Gasteiger partial charge in [0.2, 0.25) is 0 Å². The Labute approximate surface area is 218 Å². The summed E-state index contributed by atoms with van der Waals surface area (Å²) in [7, 11) is 0. The summed E-state index contributed by atoms with van der Waals surface area (Å²) in [6.07, 6.45) is -2.96. The largest absolute Gasteiger partial charge is 0.463 e. The maximum absolute atomic E-state index is 13.6. The summed E-state index contributed by atoms with van der Waals surface area (Å²) in [6, 6.07) is 16.4. The van der Waals surface area contributed by atoms with E-state index in [1.165, 1.54) is 22.8 Å². The van der Waals surface area contributed by atoms with Crippen LogP contribution in [0.3, 0.4) is 0 Å². The van der Waals surface area contributed by atoms with Gasteiger partial charge < -0.3 is 9.15 Å². The number of alkyl halides is 3. The monoisotopic (exact) mass is 538 g/mol. The number of hydrogen-bond donors (Lipinski definition) is 0. The number of aromatic nitrogens is 1. The lowest BCUT2D eigenvalue weighted by Gasteiger charge is -2.24. The summed E-state index contributed by atoms with van der Waals surface area (Å²) < 4.78 is 52.2. The third-order valence-electron chi connectivity index (χ3n) is 6.01. The SMILES string of the molecule is CCOC(=O)C1=C(C)N=c2s/c(=C/c3ccc(-c4cccc(C(F)(F)F)c4)o3)c(=O)n2[C@H]1c1ccccc1. The molecule has 2 aromatic heterocycles. The Kier molecular flexibility index (Phi) is 6.66. The second-order valence-electron chi connectivity index (χ2n) is 8.49. The molecule has 0 radical (unpaired) electrons. The van der Waals surface area contributed by atoms with Gasteiger partial charge in [0.25, 0.3) is 5.56 Å². The van der Waals surface area contributed by atoms with Crippen molar-refractivity contribution in [1.82, 2.24) is 4.57 Å². The number of thiazole rings is 1. The van der Waals surface area contributed by atoms with Crippen molar-refractivity contribution in [1.29, 1.82) is 0 Å². The predicted molar refractivity (Wildman–Crippen MR) is 136 cm³/mol. The molecule has 0 unspecified atom stereocenters. The number of benzene rings is 2. The van der Waals surface area contributed by atoms with Crippen molar-refractivity contribution < 1.29 is 27.1 Å². The number of ether oxygens (including phenoxy) is 1. The van der Waals surface area contributed by atoms with Crippen LogP contribution >= 0.6 is 11.3 Å². The van der Waals surface area contributed by atoms with Crippen molar-refractivity contribution in [2.24, 2.45) is 4.99 Å². The van der Waals surface area contributed by atoms with Crippen LogP contribution in [0.25, 0.3) is 17.4 Å². The number of halogens is 3. The van der Waals surface area contributed by atoms with Crippen molar-refractivity contribution in [3.63, 3.8) is 0 Å². The van der Waals surface area contributed by atoms with Crippen LogP contribution in [0.15, 0.2) is 92.2 Å². The van der Waals surface area contributed by atoms with Crippen LogP contribution in [0.4, 0.5) is 13.2 Å². The predicted octanol–water partition coefficient (Wildman–Crippen LogP) is 5.08. The molecule has 0 fully saturated rings. The number of carbonyl (C=O) groups excluding carboxylic acids is 1. The third-order valence-corrected chi connectivity index (χ3v) is 6.99. The van der Waals surface area contributed by atoms with Crippen molar-refractivity contribution in [2.45, 2.75) is 26.1 Å². The average Bonchev–Trinajstić information content (AvgIpc) is 3.48. The number of esters is 1. The van der Waals surface area contributed by atoms with E-state index in [9.17, 15) is 22.8 Å².